The topological polar surface area (TPSA) is 58.6 Å². The van der Waals surface area contributed by atoms with Crippen LogP contribution < -0.4 is 5.32 Å². The Morgan fingerprint density at radius 2 is 1.96 bits per heavy atom. The summed E-state index contributed by atoms with van der Waals surface area (Å²) < 4.78 is 20.0. The quantitative estimate of drug-likeness (QED) is 0.851. The minimum Gasteiger partial charge on any atom is -0.444 e. The highest BCUT2D eigenvalue weighted by atomic mass is 19.1. The molecule has 1 aromatic carbocycles. The number of likely N-dealkylation sites (tertiary alicyclic amines) is 1. The molecular formula is C22H31FN2O3. The van der Waals surface area contributed by atoms with Crippen molar-refractivity contribution < 1.29 is 18.7 Å². The van der Waals surface area contributed by atoms with Gasteiger partial charge in [-0.3, -0.25) is 4.79 Å². The second kappa shape index (κ2) is 7.72. The van der Waals surface area contributed by atoms with E-state index in [-0.39, 0.29) is 12.5 Å². The summed E-state index contributed by atoms with van der Waals surface area (Å²) in [5.74, 6) is -0.0610. The van der Waals surface area contributed by atoms with E-state index in [1.54, 1.807) is 20.8 Å². The SMILES string of the molecule is Cc1ccccc1CC1(C(=O)N[C@H]2CCN(C(=O)OC(C)(C)C)C[C@@H]2F)CC1. The van der Waals surface area contributed by atoms with Crippen LogP contribution in [0.15, 0.2) is 24.3 Å². The van der Waals surface area contributed by atoms with Gasteiger partial charge < -0.3 is 15.0 Å². The fourth-order valence-electron chi connectivity index (χ4n) is 3.69. The van der Waals surface area contributed by atoms with E-state index in [0.717, 1.165) is 12.8 Å². The van der Waals surface area contributed by atoms with Crippen LogP contribution in [0.4, 0.5) is 9.18 Å². The van der Waals surface area contributed by atoms with E-state index >= 15 is 0 Å². The van der Waals surface area contributed by atoms with E-state index < -0.39 is 29.3 Å². The summed E-state index contributed by atoms with van der Waals surface area (Å²) >= 11 is 0. The first-order valence-electron chi connectivity index (χ1n) is 10.1. The number of amides is 2. The molecule has 0 spiro atoms. The lowest BCUT2D eigenvalue weighted by molar-refractivity contribution is -0.128. The normalized spacial score (nSPS) is 23.8. The highest BCUT2D eigenvalue weighted by Gasteiger charge is 2.50. The van der Waals surface area contributed by atoms with Gasteiger partial charge in [-0.25, -0.2) is 9.18 Å². The van der Waals surface area contributed by atoms with E-state index in [1.807, 2.05) is 25.1 Å². The van der Waals surface area contributed by atoms with Crippen LogP contribution in [0.3, 0.4) is 0 Å². The van der Waals surface area contributed by atoms with Gasteiger partial charge >= 0.3 is 6.09 Å². The fourth-order valence-corrected chi connectivity index (χ4v) is 3.69. The number of rotatable bonds is 4. The first-order chi connectivity index (χ1) is 13.1. The number of nitrogens with zero attached hydrogens (tertiary/aromatic N) is 1. The van der Waals surface area contributed by atoms with Gasteiger partial charge in [0.15, 0.2) is 0 Å². The van der Waals surface area contributed by atoms with Crippen molar-refractivity contribution in [3.63, 3.8) is 0 Å². The van der Waals surface area contributed by atoms with Gasteiger partial charge in [0.25, 0.3) is 0 Å². The Bertz CT molecular complexity index is 740. The molecule has 0 aromatic heterocycles. The maximum atomic E-state index is 14.7. The summed E-state index contributed by atoms with van der Waals surface area (Å²) in [6.45, 7) is 7.74. The number of carbonyl (C=O) groups excluding carboxylic acids is 2. The van der Waals surface area contributed by atoms with Crippen LogP contribution in [0.25, 0.3) is 0 Å². The summed E-state index contributed by atoms with van der Waals surface area (Å²) in [5.41, 5.74) is 1.33. The zero-order valence-electron chi connectivity index (χ0n) is 17.3. The molecule has 2 fully saturated rings. The Morgan fingerprint density at radius 1 is 1.29 bits per heavy atom. The minimum absolute atomic E-state index is 0.0509. The molecule has 1 saturated carbocycles. The summed E-state index contributed by atoms with van der Waals surface area (Å²) in [5, 5.41) is 2.93. The van der Waals surface area contributed by atoms with Gasteiger partial charge in [-0.05, 0) is 64.5 Å². The van der Waals surface area contributed by atoms with Crippen LogP contribution in [0, 0.1) is 12.3 Å². The predicted molar refractivity (Wildman–Crippen MR) is 106 cm³/mol. The van der Waals surface area contributed by atoms with Crippen molar-refractivity contribution in [3.05, 3.63) is 35.4 Å². The third kappa shape index (κ3) is 4.83. The molecule has 0 radical (unpaired) electrons. The number of nitrogens with one attached hydrogen (secondary N) is 1. The molecule has 1 saturated heterocycles. The van der Waals surface area contributed by atoms with E-state index in [2.05, 4.69) is 11.4 Å². The van der Waals surface area contributed by atoms with E-state index in [9.17, 15) is 14.0 Å². The number of hydrogen-bond acceptors (Lipinski definition) is 3. The fraction of sp³-hybridized carbons (Fsp3) is 0.636. The third-order valence-electron chi connectivity index (χ3n) is 5.63. The molecule has 0 bridgehead atoms. The van der Waals surface area contributed by atoms with Crippen molar-refractivity contribution in [2.24, 2.45) is 5.41 Å². The monoisotopic (exact) mass is 390 g/mol. The molecule has 154 valence electrons. The molecule has 6 heteroatoms. The summed E-state index contributed by atoms with van der Waals surface area (Å²) in [6, 6.07) is 7.53. The number of aryl methyl sites for hydroxylation is 1. The average molecular weight is 390 g/mol. The van der Waals surface area contributed by atoms with Crippen molar-refractivity contribution in [2.75, 3.05) is 13.1 Å². The predicted octanol–water partition coefficient (Wildman–Crippen LogP) is 3.78. The Morgan fingerprint density at radius 3 is 2.54 bits per heavy atom. The van der Waals surface area contributed by atoms with Gasteiger partial charge in [0.05, 0.1) is 18.0 Å². The molecule has 28 heavy (non-hydrogen) atoms. The highest BCUT2D eigenvalue weighted by Crippen LogP contribution is 2.49. The number of ether oxygens (including phenoxy) is 1. The molecule has 1 aliphatic heterocycles. The summed E-state index contributed by atoms with van der Waals surface area (Å²) in [7, 11) is 0. The van der Waals surface area contributed by atoms with Crippen molar-refractivity contribution in [3.8, 4) is 0 Å². The van der Waals surface area contributed by atoms with Gasteiger partial charge in [-0.2, -0.15) is 0 Å². The van der Waals surface area contributed by atoms with Gasteiger partial charge in [0.1, 0.15) is 11.8 Å². The van der Waals surface area contributed by atoms with Crippen molar-refractivity contribution in [1.82, 2.24) is 10.2 Å². The van der Waals surface area contributed by atoms with Gasteiger partial charge in [0.2, 0.25) is 5.91 Å². The van der Waals surface area contributed by atoms with Crippen LogP contribution >= 0.6 is 0 Å². The first kappa shape index (κ1) is 20.6. The maximum Gasteiger partial charge on any atom is 0.410 e. The molecule has 2 atom stereocenters. The summed E-state index contributed by atoms with van der Waals surface area (Å²) in [4.78, 5) is 26.4. The molecule has 2 aliphatic rings. The third-order valence-corrected chi connectivity index (χ3v) is 5.63. The second-order valence-electron chi connectivity index (χ2n) is 9.19. The van der Waals surface area contributed by atoms with Crippen LogP contribution in [0.2, 0.25) is 0 Å². The number of benzene rings is 1. The van der Waals surface area contributed by atoms with Crippen LogP contribution in [-0.4, -0.2) is 47.8 Å². The van der Waals surface area contributed by atoms with Gasteiger partial charge in [-0.1, -0.05) is 24.3 Å². The molecule has 5 nitrogen and oxygen atoms in total. The average Bonchev–Trinajstić information content (AvgIpc) is 3.38. The minimum atomic E-state index is -1.29. The lowest BCUT2D eigenvalue weighted by atomic mass is 9.92. The van der Waals surface area contributed by atoms with Gasteiger partial charge in [-0.15, -0.1) is 0 Å². The zero-order valence-corrected chi connectivity index (χ0v) is 17.3. The number of hydrogen-bond donors (Lipinski definition) is 1. The Labute approximate surface area is 166 Å². The molecule has 1 aliphatic carbocycles. The van der Waals surface area contributed by atoms with Crippen molar-refractivity contribution in [2.45, 2.75) is 71.2 Å². The lowest BCUT2D eigenvalue weighted by Gasteiger charge is -2.36. The highest BCUT2D eigenvalue weighted by molar-refractivity contribution is 5.86. The van der Waals surface area contributed by atoms with Gasteiger partial charge in [0, 0.05) is 6.54 Å². The molecular weight excluding hydrogens is 359 g/mol. The first-order valence-corrected chi connectivity index (χ1v) is 10.1. The largest absolute Gasteiger partial charge is 0.444 e. The number of alkyl halides is 1. The number of halogens is 1. The van der Waals surface area contributed by atoms with Crippen LogP contribution in [0.5, 0.6) is 0 Å². The van der Waals surface area contributed by atoms with E-state index in [0.29, 0.717) is 19.4 Å². The Balaban J connectivity index is 1.55. The van der Waals surface area contributed by atoms with E-state index in [1.165, 1.54) is 16.0 Å². The molecule has 2 amide bonds. The smallest absolute Gasteiger partial charge is 0.410 e. The summed E-state index contributed by atoms with van der Waals surface area (Å²) in [6.07, 6.45) is 0.964. The standard InChI is InChI=1S/C22H31FN2O3/c1-15-7-5-6-8-16(15)13-22(10-11-22)19(26)24-18-9-12-25(14-17(18)23)20(27)28-21(2,3)4/h5-8,17-18H,9-14H2,1-4H3,(H,24,26)/t17-,18-/m0/s1. The molecule has 1 aromatic rings. The molecule has 1 N–H and O–H groups in total. The Hall–Kier alpha value is -2.11. The molecule has 3 rings (SSSR count). The number of piperidine rings is 1. The second-order valence-corrected chi connectivity index (χ2v) is 9.19. The molecule has 1 heterocycles. The van der Waals surface area contributed by atoms with Crippen molar-refractivity contribution in [1.29, 1.82) is 0 Å². The lowest BCUT2D eigenvalue weighted by Crippen LogP contribution is -2.55. The van der Waals surface area contributed by atoms with Crippen LogP contribution in [-0.2, 0) is 16.0 Å². The maximum absolute atomic E-state index is 14.7. The Kier molecular flexibility index (Phi) is 5.69. The van der Waals surface area contributed by atoms with Crippen LogP contribution in [0.1, 0.15) is 51.2 Å². The van der Waals surface area contributed by atoms with E-state index in [4.69, 9.17) is 4.74 Å². The molecule has 0 unspecified atom stereocenters. The number of carbonyl (C=O) groups is 2. The zero-order chi connectivity index (χ0) is 20.5. The van der Waals surface area contributed by atoms with Crippen molar-refractivity contribution >= 4 is 12.0 Å².